The van der Waals surface area contributed by atoms with Crippen LogP contribution in [0.5, 0.6) is 0 Å². The van der Waals surface area contributed by atoms with E-state index in [2.05, 4.69) is 0 Å². The highest BCUT2D eigenvalue weighted by Crippen LogP contribution is 2.36. The van der Waals surface area contributed by atoms with Crippen LogP contribution in [0.4, 0.5) is 12.9 Å². The molecule has 1 aliphatic heterocycles. The number of hydrogen-bond donors (Lipinski definition) is 0. The molecule has 0 N–H and O–H groups in total. The van der Waals surface area contributed by atoms with Crippen LogP contribution >= 0.6 is 0 Å². The zero-order chi connectivity index (χ0) is 11.9. The van der Waals surface area contributed by atoms with Gasteiger partial charge >= 0.3 is 6.98 Å². The first-order chi connectivity index (χ1) is 7.38. The Morgan fingerprint density at radius 1 is 1.12 bits per heavy atom. The Morgan fingerprint density at radius 3 is 2.06 bits per heavy atom. The summed E-state index contributed by atoms with van der Waals surface area (Å²) in [5.74, 6) is -1.98. The molecule has 1 saturated carbocycles. The molecule has 2 aliphatic rings. The third-order valence-electron chi connectivity index (χ3n) is 3.29. The summed E-state index contributed by atoms with van der Waals surface area (Å²) in [6, 6.07) is 0. The van der Waals surface area contributed by atoms with E-state index in [1.807, 2.05) is 0 Å². The van der Waals surface area contributed by atoms with Crippen LogP contribution in [0.25, 0.3) is 0 Å². The number of rotatable bonds is 2. The molecule has 1 saturated heterocycles. The molecule has 2 atom stereocenters. The van der Waals surface area contributed by atoms with Gasteiger partial charge in [0.1, 0.15) is 0 Å². The Bertz CT molecular complexity index is 309. The van der Waals surface area contributed by atoms with Crippen molar-refractivity contribution in [3.8, 4) is 0 Å². The first kappa shape index (κ1) is 11.5. The van der Waals surface area contributed by atoms with Gasteiger partial charge < -0.3 is 17.8 Å². The van der Waals surface area contributed by atoms with Crippen molar-refractivity contribution in [2.75, 3.05) is 6.44 Å². The minimum Gasteiger partial charge on any atom is -0.448 e. The number of imide groups is 1. The van der Waals surface area contributed by atoms with Crippen LogP contribution in [-0.2, 0) is 9.59 Å². The van der Waals surface area contributed by atoms with Gasteiger partial charge in [0.2, 0.25) is 11.8 Å². The fourth-order valence-corrected chi connectivity index (χ4v) is 2.57. The molecule has 3 nitrogen and oxygen atoms in total. The molecule has 2 bridgehead atoms. The predicted molar refractivity (Wildman–Crippen MR) is 51.2 cm³/mol. The van der Waals surface area contributed by atoms with Crippen LogP contribution in [-0.4, -0.2) is 30.1 Å². The Kier molecular flexibility index (Phi) is 2.71. The summed E-state index contributed by atoms with van der Waals surface area (Å²) >= 11 is 0. The minimum absolute atomic E-state index is 0.366. The SMILES string of the molecule is O=C1C2CCCC(C2)C(=O)N1C[B-](F)(F)F. The van der Waals surface area contributed by atoms with Crippen molar-refractivity contribution in [1.29, 1.82) is 0 Å². The molecule has 16 heavy (non-hydrogen) atoms. The second-order valence-corrected chi connectivity index (χ2v) is 4.56. The molecule has 7 heteroatoms. The Morgan fingerprint density at radius 2 is 1.62 bits per heavy atom. The van der Waals surface area contributed by atoms with E-state index >= 15 is 0 Å². The van der Waals surface area contributed by atoms with Gasteiger partial charge in [0.15, 0.2) is 0 Å². The molecule has 90 valence electrons. The first-order valence-electron chi connectivity index (χ1n) is 5.44. The average molecular weight is 234 g/mol. The molecule has 0 aromatic rings. The highest BCUT2D eigenvalue weighted by molar-refractivity contribution is 6.59. The summed E-state index contributed by atoms with van der Waals surface area (Å²) in [5.41, 5.74) is 0. The van der Waals surface area contributed by atoms with E-state index in [0.29, 0.717) is 24.2 Å². The first-order valence-corrected chi connectivity index (χ1v) is 5.44. The molecule has 2 unspecified atom stereocenters. The van der Waals surface area contributed by atoms with Crippen molar-refractivity contribution in [1.82, 2.24) is 4.90 Å². The Balaban J connectivity index is 2.17. The molecule has 0 aromatic carbocycles. The summed E-state index contributed by atoms with van der Waals surface area (Å²) in [7, 11) is 0. The van der Waals surface area contributed by atoms with E-state index in [1.165, 1.54) is 0 Å². The van der Waals surface area contributed by atoms with E-state index in [-0.39, 0.29) is 11.8 Å². The van der Waals surface area contributed by atoms with Crippen molar-refractivity contribution in [3.63, 3.8) is 0 Å². The zero-order valence-corrected chi connectivity index (χ0v) is 8.67. The normalized spacial score (nSPS) is 30.8. The van der Waals surface area contributed by atoms with Crippen molar-refractivity contribution in [2.24, 2.45) is 11.8 Å². The van der Waals surface area contributed by atoms with Crippen LogP contribution in [0.3, 0.4) is 0 Å². The lowest BCUT2D eigenvalue weighted by Gasteiger charge is -2.40. The molecule has 2 rings (SSSR count). The van der Waals surface area contributed by atoms with Crippen molar-refractivity contribution < 1.29 is 22.5 Å². The van der Waals surface area contributed by atoms with Gasteiger partial charge in [-0.1, -0.05) is 6.42 Å². The third kappa shape index (κ3) is 2.08. The second-order valence-electron chi connectivity index (χ2n) is 4.56. The van der Waals surface area contributed by atoms with E-state index in [1.54, 1.807) is 0 Å². The molecule has 0 spiro atoms. The van der Waals surface area contributed by atoms with Gasteiger partial charge in [0.25, 0.3) is 0 Å². The number of nitrogens with zero attached hydrogens (tertiary/aromatic N) is 1. The van der Waals surface area contributed by atoms with Gasteiger partial charge in [-0.25, -0.2) is 0 Å². The number of amides is 2. The van der Waals surface area contributed by atoms with Gasteiger partial charge in [-0.3, -0.25) is 9.59 Å². The second kappa shape index (κ2) is 3.78. The number of piperidine rings is 1. The van der Waals surface area contributed by atoms with Crippen LogP contribution in [0.1, 0.15) is 25.7 Å². The van der Waals surface area contributed by atoms with Crippen LogP contribution in [0.2, 0.25) is 0 Å². The molecule has 2 amide bonds. The quantitative estimate of drug-likeness (QED) is 0.536. The largest absolute Gasteiger partial charge is 0.497 e. The minimum atomic E-state index is -5.13. The van der Waals surface area contributed by atoms with Gasteiger partial charge in [0, 0.05) is 11.8 Å². The maximum atomic E-state index is 12.3. The average Bonchev–Trinajstić information content (AvgIpc) is 2.21. The van der Waals surface area contributed by atoms with Gasteiger partial charge in [-0.2, -0.15) is 0 Å². The highest BCUT2D eigenvalue weighted by Gasteiger charge is 2.44. The van der Waals surface area contributed by atoms with Crippen LogP contribution in [0.15, 0.2) is 0 Å². The summed E-state index contributed by atoms with van der Waals surface area (Å²) in [6.07, 6.45) is 1.06. The lowest BCUT2D eigenvalue weighted by atomic mass is 9.75. The number of fused-ring (bicyclic) bond motifs is 2. The van der Waals surface area contributed by atoms with Crippen molar-refractivity contribution in [3.05, 3.63) is 0 Å². The number of carbonyl (C=O) groups is 2. The van der Waals surface area contributed by atoms with E-state index in [4.69, 9.17) is 0 Å². The highest BCUT2D eigenvalue weighted by atomic mass is 19.4. The standard InChI is InChI=1S/C9H12BF3NO2/c11-10(12,13)5-14-8(15)6-2-1-3-7(4-6)9(14)16/h6-7H,1-5H2/q-1. The Labute approximate surface area is 91.0 Å². The maximum absolute atomic E-state index is 12.3. The molecule has 1 aliphatic carbocycles. The summed E-state index contributed by atoms with van der Waals surface area (Å²) in [4.78, 5) is 23.7. The number of halogens is 3. The monoisotopic (exact) mass is 234 g/mol. The van der Waals surface area contributed by atoms with E-state index < -0.39 is 25.2 Å². The lowest BCUT2D eigenvalue weighted by molar-refractivity contribution is -0.157. The van der Waals surface area contributed by atoms with Crippen molar-refractivity contribution in [2.45, 2.75) is 25.7 Å². The number of likely N-dealkylation sites (tertiary alicyclic amines) is 1. The van der Waals surface area contributed by atoms with Crippen LogP contribution in [0, 0.1) is 11.8 Å². The summed E-state index contributed by atoms with van der Waals surface area (Å²) in [5, 5.41) is 0. The van der Waals surface area contributed by atoms with Crippen molar-refractivity contribution >= 4 is 18.8 Å². The van der Waals surface area contributed by atoms with Gasteiger partial charge in [0.05, 0.1) is 0 Å². The Hall–Kier alpha value is -1.01. The molecule has 0 radical (unpaired) electrons. The third-order valence-corrected chi connectivity index (χ3v) is 3.29. The summed E-state index contributed by atoms with van der Waals surface area (Å²) < 4.78 is 36.8. The maximum Gasteiger partial charge on any atom is 0.497 e. The molecular formula is C9H12BF3NO2-. The molecule has 0 aromatic heterocycles. The van der Waals surface area contributed by atoms with E-state index in [9.17, 15) is 22.5 Å². The fourth-order valence-electron chi connectivity index (χ4n) is 2.57. The summed E-state index contributed by atoms with van der Waals surface area (Å²) in [6.45, 7) is -5.13. The van der Waals surface area contributed by atoms with Gasteiger partial charge in [-0.15, -0.1) is 0 Å². The molecular weight excluding hydrogens is 222 g/mol. The molecule has 1 heterocycles. The smallest absolute Gasteiger partial charge is 0.448 e. The zero-order valence-electron chi connectivity index (χ0n) is 8.67. The number of hydrogen-bond acceptors (Lipinski definition) is 2. The van der Waals surface area contributed by atoms with E-state index in [0.717, 1.165) is 6.42 Å². The lowest BCUT2D eigenvalue weighted by Crippen LogP contribution is -2.55. The van der Waals surface area contributed by atoms with Crippen LogP contribution < -0.4 is 0 Å². The topological polar surface area (TPSA) is 37.4 Å². The molecule has 2 fully saturated rings. The fraction of sp³-hybridized carbons (Fsp3) is 0.778. The predicted octanol–water partition coefficient (Wildman–Crippen LogP) is 1.55. The van der Waals surface area contributed by atoms with Gasteiger partial charge in [-0.05, 0) is 25.7 Å². The number of carbonyl (C=O) groups excluding carboxylic acids is 2.